The molecular formula is C14H17ClN4O. The van der Waals surface area contributed by atoms with E-state index in [9.17, 15) is 0 Å². The zero-order chi connectivity index (χ0) is 13.3. The minimum absolute atomic E-state index is 0. The minimum Gasteiger partial charge on any atom is -0.411 e. The maximum atomic E-state index is 8.37. The number of unbranched alkanes of at least 4 members (excludes halogenated alkanes) is 1. The molecule has 0 radical (unpaired) electrons. The monoisotopic (exact) mass is 292 g/mol. The van der Waals surface area contributed by atoms with Crippen LogP contribution in [0, 0.1) is 0 Å². The third-order valence-electron chi connectivity index (χ3n) is 2.79. The SMILES string of the molecule is Cl.O/N=C\c1cnc(CCCCc2cccnc2)cn1. The van der Waals surface area contributed by atoms with E-state index in [4.69, 9.17) is 5.21 Å². The van der Waals surface area contributed by atoms with Crippen molar-refractivity contribution in [2.75, 3.05) is 0 Å². The van der Waals surface area contributed by atoms with Crippen LogP contribution in [0.2, 0.25) is 0 Å². The molecule has 5 nitrogen and oxygen atoms in total. The summed E-state index contributed by atoms with van der Waals surface area (Å²) in [5.41, 5.74) is 2.78. The average molecular weight is 293 g/mol. The highest BCUT2D eigenvalue weighted by atomic mass is 35.5. The second kappa shape index (κ2) is 8.98. The highest BCUT2D eigenvalue weighted by Crippen LogP contribution is 2.06. The molecular weight excluding hydrogens is 276 g/mol. The van der Waals surface area contributed by atoms with Crippen molar-refractivity contribution in [3.63, 3.8) is 0 Å². The Morgan fingerprint density at radius 2 is 1.95 bits per heavy atom. The number of pyridine rings is 1. The molecule has 0 aliphatic carbocycles. The Kier molecular flexibility index (Phi) is 7.21. The molecule has 2 aromatic rings. The number of halogens is 1. The number of aryl methyl sites for hydroxylation is 2. The van der Waals surface area contributed by atoms with Gasteiger partial charge in [-0.05, 0) is 37.3 Å². The molecule has 6 heteroatoms. The van der Waals surface area contributed by atoms with Gasteiger partial charge in [-0.15, -0.1) is 12.4 Å². The number of rotatable bonds is 6. The normalized spacial score (nSPS) is 10.4. The van der Waals surface area contributed by atoms with E-state index in [2.05, 4.69) is 26.2 Å². The summed E-state index contributed by atoms with van der Waals surface area (Å²) in [4.78, 5) is 12.5. The molecule has 0 aliphatic rings. The molecule has 0 saturated carbocycles. The molecule has 2 aromatic heterocycles. The van der Waals surface area contributed by atoms with E-state index in [1.165, 1.54) is 11.8 Å². The van der Waals surface area contributed by atoms with Gasteiger partial charge in [0.25, 0.3) is 0 Å². The zero-order valence-corrected chi connectivity index (χ0v) is 11.8. The van der Waals surface area contributed by atoms with Gasteiger partial charge >= 0.3 is 0 Å². The summed E-state index contributed by atoms with van der Waals surface area (Å²) in [7, 11) is 0. The molecule has 0 atom stereocenters. The van der Waals surface area contributed by atoms with Gasteiger partial charge in [0.1, 0.15) is 5.69 Å². The standard InChI is InChI=1S/C14H16N4O.ClH/c19-18-11-14-10-16-13(9-17-14)6-2-1-4-12-5-3-7-15-8-12;/h3,5,7-11,19H,1-2,4,6H2;1H/b18-11-;. The van der Waals surface area contributed by atoms with Crippen LogP contribution in [0.3, 0.4) is 0 Å². The van der Waals surface area contributed by atoms with E-state index in [0.717, 1.165) is 31.4 Å². The van der Waals surface area contributed by atoms with Gasteiger partial charge in [0.05, 0.1) is 18.1 Å². The van der Waals surface area contributed by atoms with Crippen molar-refractivity contribution in [2.45, 2.75) is 25.7 Å². The summed E-state index contributed by atoms with van der Waals surface area (Å²) in [6, 6.07) is 4.05. The Labute approximate surface area is 124 Å². The highest BCUT2D eigenvalue weighted by Gasteiger charge is 1.98. The highest BCUT2D eigenvalue weighted by molar-refractivity contribution is 5.85. The Bertz CT molecular complexity index is 516. The van der Waals surface area contributed by atoms with E-state index in [1.807, 2.05) is 12.3 Å². The van der Waals surface area contributed by atoms with Gasteiger partial charge in [-0.25, -0.2) is 0 Å². The zero-order valence-electron chi connectivity index (χ0n) is 11.0. The number of hydrogen-bond acceptors (Lipinski definition) is 5. The lowest BCUT2D eigenvalue weighted by Crippen LogP contribution is -1.96. The van der Waals surface area contributed by atoms with Crippen molar-refractivity contribution in [3.8, 4) is 0 Å². The minimum atomic E-state index is 0. The van der Waals surface area contributed by atoms with Gasteiger partial charge in [0, 0.05) is 18.6 Å². The summed E-state index contributed by atoms with van der Waals surface area (Å²) < 4.78 is 0. The van der Waals surface area contributed by atoms with Gasteiger partial charge in [0.2, 0.25) is 0 Å². The third kappa shape index (κ3) is 5.32. The predicted molar refractivity (Wildman–Crippen MR) is 79.5 cm³/mol. The van der Waals surface area contributed by atoms with Crippen LogP contribution in [0.25, 0.3) is 0 Å². The lowest BCUT2D eigenvalue weighted by atomic mass is 10.1. The Balaban J connectivity index is 0.00000200. The Hall–Kier alpha value is -2.01. The smallest absolute Gasteiger partial charge is 0.103 e. The summed E-state index contributed by atoms with van der Waals surface area (Å²) in [6.07, 6.45) is 12.4. The molecule has 0 saturated heterocycles. The van der Waals surface area contributed by atoms with E-state index in [1.54, 1.807) is 18.6 Å². The van der Waals surface area contributed by atoms with Crippen LogP contribution in [0.15, 0.2) is 42.1 Å². The molecule has 0 unspecified atom stereocenters. The maximum absolute atomic E-state index is 8.37. The number of oxime groups is 1. The molecule has 2 heterocycles. The largest absolute Gasteiger partial charge is 0.411 e. The summed E-state index contributed by atoms with van der Waals surface area (Å²) in [6.45, 7) is 0. The molecule has 0 fully saturated rings. The second-order valence-electron chi connectivity index (χ2n) is 4.25. The fourth-order valence-electron chi connectivity index (χ4n) is 1.80. The maximum Gasteiger partial charge on any atom is 0.103 e. The van der Waals surface area contributed by atoms with Crippen LogP contribution in [0.4, 0.5) is 0 Å². The van der Waals surface area contributed by atoms with Crippen molar-refractivity contribution in [2.24, 2.45) is 5.16 Å². The van der Waals surface area contributed by atoms with E-state index in [0.29, 0.717) is 5.69 Å². The summed E-state index contributed by atoms with van der Waals surface area (Å²) in [5, 5.41) is 11.3. The van der Waals surface area contributed by atoms with Crippen LogP contribution < -0.4 is 0 Å². The van der Waals surface area contributed by atoms with Crippen molar-refractivity contribution >= 4 is 18.6 Å². The van der Waals surface area contributed by atoms with Crippen LogP contribution in [-0.4, -0.2) is 26.4 Å². The lowest BCUT2D eigenvalue weighted by molar-refractivity contribution is 0.321. The predicted octanol–water partition coefficient (Wildman–Crippen LogP) is 2.67. The van der Waals surface area contributed by atoms with E-state index < -0.39 is 0 Å². The first kappa shape index (κ1) is 16.0. The van der Waals surface area contributed by atoms with Gasteiger partial charge in [-0.3, -0.25) is 15.0 Å². The Morgan fingerprint density at radius 1 is 1.10 bits per heavy atom. The molecule has 2 rings (SSSR count). The van der Waals surface area contributed by atoms with Crippen LogP contribution in [0.1, 0.15) is 29.8 Å². The molecule has 0 aliphatic heterocycles. The summed E-state index contributed by atoms with van der Waals surface area (Å²) in [5.74, 6) is 0. The fourth-order valence-corrected chi connectivity index (χ4v) is 1.80. The first-order valence-corrected chi connectivity index (χ1v) is 6.26. The third-order valence-corrected chi connectivity index (χ3v) is 2.79. The fraction of sp³-hybridized carbons (Fsp3) is 0.286. The van der Waals surface area contributed by atoms with Gasteiger partial charge in [-0.1, -0.05) is 11.2 Å². The van der Waals surface area contributed by atoms with Crippen molar-refractivity contribution in [3.05, 3.63) is 53.9 Å². The van der Waals surface area contributed by atoms with E-state index >= 15 is 0 Å². The van der Waals surface area contributed by atoms with Gasteiger partial charge in [0.15, 0.2) is 0 Å². The second-order valence-corrected chi connectivity index (χ2v) is 4.25. The molecule has 0 aromatic carbocycles. The lowest BCUT2D eigenvalue weighted by Gasteiger charge is -2.01. The Morgan fingerprint density at radius 3 is 2.60 bits per heavy atom. The van der Waals surface area contributed by atoms with Gasteiger partial charge in [-0.2, -0.15) is 0 Å². The molecule has 1 N–H and O–H groups in total. The van der Waals surface area contributed by atoms with Crippen molar-refractivity contribution < 1.29 is 5.21 Å². The van der Waals surface area contributed by atoms with Crippen LogP contribution in [0.5, 0.6) is 0 Å². The molecule has 106 valence electrons. The van der Waals surface area contributed by atoms with Gasteiger partial charge < -0.3 is 5.21 Å². The first-order chi connectivity index (χ1) is 9.38. The van der Waals surface area contributed by atoms with Crippen LogP contribution in [-0.2, 0) is 12.8 Å². The quantitative estimate of drug-likeness (QED) is 0.384. The summed E-state index contributed by atoms with van der Waals surface area (Å²) >= 11 is 0. The number of nitrogens with zero attached hydrogens (tertiary/aromatic N) is 4. The average Bonchev–Trinajstić information content (AvgIpc) is 2.47. The topological polar surface area (TPSA) is 71.3 Å². The number of aromatic nitrogens is 3. The number of hydrogen-bond donors (Lipinski definition) is 1. The first-order valence-electron chi connectivity index (χ1n) is 6.26. The molecule has 0 spiro atoms. The van der Waals surface area contributed by atoms with Crippen molar-refractivity contribution in [1.82, 2.24) is 15.0 Å². The van der Waals surface area contributed by atoms with Crippen LogP contribution >= 0.6 is 12.4 Å². The molecule has 20 heavy (non-hydrogen) atoms. The van der Waals surface area contributed by atoms with E-state index in [-0.39, 0.29) is 12.4 Å². The van der Waals surface area contributed by atoms with Crippen molar-refractivity contribution in [1.29, 1.82) is 0 Å². The molecule has 0 bridgehead atoms. The molecule has 0 amide bonds.